The number of rotatable bonds is 4. The Morgan fingerprint density at radius 3 is 2.57 bits per heavy atom. The molecule has 0 radical (unpaired) electrons. The van der Waals surface area contributed by atoms with Gasteiger partial charge in [-0.15, -0.1) is 0 Å². The van der Waals surface area contributed by atoms with Gasteiger partial charge in [-0.25, -0.2) is 4.39 Å². The molecule has 1 atom stereocenters. The zero-order chi connectivity index (χ0) is 21.1. The first-order valence-corrected chi connectivity index (χ1v) is 10.6. The maximum Gasteiger partial charge on any atom is 0.268 e. The molecule has 1 aromatic heterocycles. The molecule has 1 aromatic carbocycles. The average molecular weight is 413 g/mol. The van der Waals surface area contributed by atoms with Crippen LogP contribution in [0.1, 0.15) is 35.2 Å². The molecular weight excluding hydrogens is 385 g/mol. The number of aryl methyl sites for hydroxylation is 1. The number of morpholine rings is 1. The summed E-state index contributed by atoms with van der Waals surface area (Å²) in [5.74, 6) is -0.568. The second-order valence-corrected chi connectivity index (χ2v) is 8.09. The minimum atomic E-state index is -0.366. The van der Waals surface area contributed by atoms with E-state index in [1.54, 1.807) is 31.3 Å². The van der Waals surface area contributed by atoms with Gasteiger partial charge in [-0.1, -0.05) is 0 Å². The summed E-state index contributed by atoms with van der Waals surface area (Å²) in [7, 11) is 0. The zero-order valence-electron chi connectivity index (χ0n) is 17.3. The molecule has 7 heteroatoms. The van der Waals surface area contributed by atoms with Crippen LogP contribution in [-0.4, -0.2) is 65.7 Å². The fourth-order valence-electron chi connectivity index (χ4n) is 4.37. The molecule has 0 spiro atoms. The van der Waals surface area contributed by atoms with E-state index in [9.17, 15) is 14.0 Å². The van der Waals surface area contributed by atoms with Gasteiger partial charge in [-0.05, 0) is 62.1 Å². The molecular formula is C23H28FN3O3. The minimum Gasteiger partial charge on any atom is -0.379 e. The van der Waals surface area contributed by atoms with Crippen LogP contribution < -0.4 is 5.56 Å². The predicted molar refractivity (Wildman–Crippen MR) is 113 cm³/mol. The van der Waals surface area contributed by atoms with E-state index in [0.717, 1.165) is 52.1 Å². The lowest BCUT2D eigenvalue weighted by atomic mass is 9.99. The van der Waals surface area contributed by atoms with E-state index in [-0.39, 0.29) is 28.9 Å². The zero-order valence-corrected chi connectivity index (χ0v) is 17.3. The lowest BCUT2D eigenvalue weighted by Gasteiger charge is -2.39. The number of benzene rings is 1. The maximum atomic E-state index is 13.5. The molecule has 0 saturated carbocycles. The van der Waals surface area contributed by atoms with E-state index < -0.39 is 0 Å². The number of nitrogens with zero attached hydrogens (tertiary/aromatic N) is 3. The molecule has 2 aliphatic rings. The fraction of sp³-hybridized carbons (Fsp3) is 0.478. The van der Waals surface area contributed by atoms with Crippen molar-refractivity contribution in [2.45, 2.75) is 32.2 Å². The smallest absolute Gasteiger partial charge is 0.268 e. The number of likely N-dealkylation sites (tertiary alicyclic amines) is 1. The van der Waals surface area contributed by atoms with Crippen LogP contribution in [0.3, 0.4) is 0 Å². The monoisotopic (exact) mass is 413 g/mol. The Hall–Kier alpha value is -2.51. The molecule has 0 aliphatic carbocycles. The van der Waals surface area contributed by atoms with Gasteiger partial charge in [0, 0.05) is 44.1 Å². The van der Waals surface area contributed by atoms with Gasteiger partial charge < -0.3 is 9.64 Å². The van der Waals surface area contributed by atoms with Crippen molar-refractivity contribution in [1.82, 2.24) is 14.4 Å². The van der Waals surface area contributed by atoms with Gasteiger partial charge >= 0.3 is 0 Å². The Morgan fingerprint density at radius 2 is 1.83 bits per heavy atom. The lowest BCUT2D eigenvalue weighted by molar-refractivity contribution is 0.0165. The molecule has 0 bridgehead atoms. The van der Waals surface area contributed by atoms with Gasteiger partial charge in [-0.3, -0.25) is 19.1 Å². The summed E-state index contributed by atoms with van der Waals surface area (Å²) in [6.45, 7) is 6.47. The summed E-state index contributed by atoms with van der Waals surface area (Å²) in [6, 6.07) is 7.59. The summed E-state index contributed by atoms with van der Waals surface area (Å²) in [6.07, 6.45) is 4.62. The second-order valence-electron chi connectivity index (χ2n) is 8.09. The van der Waals surface area contributed by atoms with Gasteiger partial charge in [0.2, 0.25) is 0 Å². The Balaban J connectivity index is 1.63. The standard InChI is InChI=1S/C23H28FN3O3/c1-17-9-11-27(19-7-5-18(24)6-8-19)23(29)21(17)22(28)26-10-3-2-4-20(26)16-25-12-14-30-15-13-25/h5-9,11,20H,2-4,10,12-16H2,1H3. The van der Waals surface area contributed by atoms with Crippen molar-refractivity contribution >= 4 is 5.91 Å². The van der Waals surface area contributed by atoms with Crippen LogP contribution in [0.5, 0.6) is 0 Å². The summed E-state index contributed by atoms with van der Waals surface area (Å²) in [5, 5.41) is 0. The van der Waals surface area contributed by atoms with Crippen LogP contribution in [0.4, 0.5) is 4.39 Å². The summed E-state index contributed by atoms with van der Waals surface area (Å²) >= 11 is 0. The van der Waals surface area contributed by atoms with Crippen LogP contribution >= 0.6 is 0 Å². The number of piperidine rings is 1. The number of carbonyl (C=O) groups excluding carboxylic acids is 1. The van der Waals surface area contributed by atoms with E-state index in [2.05, 4.69) is 4.90 Å². The number of aromatic nitrogens is 1. The molecule has 2 fully saturated rings. The van der Waals surface area contributed by atoms with E-state index in [1.165, 1.54) is 16.7 Å². The third-order valence-corrected chi connectivity index (χ3v) is 6.08. The average Bonchev–Trinajstić information content (AvgIpc) is 2.76. The maximum absolute atomic E-state index is 13.5. The number of carbonyl (C=O) groups is 1. The van der Waals surface area contributed by atoms with E-state index in [0.29, 0.717) is 17.8 Å². The highest BCUT2D eigenvalue weighted by atomic mass is 19.1. The molecule has 30 heavy (non-hydrogen) atoms. The van der Waals surface area contributed by atoms with Crippen LogP contribution in [0.25, 0.3) is 5.69 Å². The summed E-state index contributed by atoms with van der Waals surface area (Å²) < 4.78 is 20.1. The highest BCUT2D eigenvalue weighted by Gasteiger charge is 2.31. The first kappa shape index (κ1) is 20.8. The molecule has 2 aliphatic heterocycles. The molecule has 4 rings (SSSR count). The molecule has 6 nitrogen and oxygen atoms in total. The Labute approximate surface area is 175 Å². The van der Waals surface area contributed by atoms with Crippen molar-refractivity contribution in [3.05, 3.63) is 63.8 Å². The molecule has 2 saturated heterocycles. The van der Waals surface area contributed by atoms with Crippen LogP contribution in [0, 0.1) is 12.7 Å². The van der Waals surface area contributed by atoms with Gasteiger partial charge in [0.1, 0.15) is 11.4 Å². The number of hydrogen-bond acceptors (Lipinski definition) is 4. The number of pyridine rings is 1. The topological polar surface area (TPSA) is 54.8 Å². The van der Waals surface area contributed by atoms with E-state index in [1.807, 2.05) is 4.90 Å². The minimum absolute atomic E-state index is 0.0997. The summed E-state index contributed by atoms with van der Waals surface area (Å²) in [4.78, 5) is 31.0. The van der Waals surface area contributed by atoms with Crippen molar-refractivity contribution in [3.63, 3.8) is 0 Å². The van der Waals surface area contributed by atoms with E-state index in [4.69, 9.17) is 4.74 Å². The summed E-state index contributed by atoms with van der Waals surface area (Å²) in [5.41, 5.74) is 1.05. The molecule has 2 aromatic rings. The third kappa shape index (κ3) is 4.32. The van der Waals surface area contributed by atoms with Crippen LogP contribution in [0.2, 0.25) is 0 Å². The van der Waals surface area contributed by atoms with Crippen molar-refractivity contribution in [2.24, 2.45) is 0 Å². The predicted octanol–water partition coefficient (Wildman–Crippen LogP) is 2.61. The van der Waals surface area contributed by atoms with Crippen LogP contribution in [-0.2, 0) is 4.74 Å². The normalized spacial score (nSPS) is 20.3. The highest BCUT2D eigenvalue weighted by Crippen LogP contribution is 2.21. The molecule has 3 heterocycles. The van der Waals surface area contributed by atoms with Gasteiger partial charge in [0.15, 0.2) is 0 Å². The Kier molecular flexibility index (Phi) is 6.29. The fourth-order valence-corrected chi connectivity index (χ4v) is 4.37. The van der Waals surface area contributed by atoms with E-state index >= 15 is 0 Å². The Morgan fingerprint density at radius 1 is 1.10 bits per heavy atom. The van der Waals surface area contributed by atoms with Crippen LogP contribution in [0.15, 0.2) is 41.3 Å². The highest BCUT2D eigenvalue weighted by molar-refractivity contribution is 5.95. The van der Waals surface area contributed by atoms with Crippen molar-refractivity contribution in [1.29, 1.82) is 0 Å². The van der Waals surface area contributed by atoms with Gasteiger partial charge in [0.25, 0.3) is 11.5 Å². The Bertz CT molecular complexity index is 951. The number of hydrogen-bond donors (Lipinski definition) is 0. The van der Waals surface area contributed by atoms with Crippen molar-refractivity contribution in [3.8, 4) is 5.69 Å². The SMILES string of the molecule is Cc1ccn(-c2ccc(F)cc2)c(=O)c1C(=O)N1CCCCC1CN1CCOCC1. The number of halogens is 1. The van der Waals surface area contributed by atoms with Gasteiger partial charge in [-0.2, -0.15) is 0 Å². The molecule has 1 amide bonds. The largest absolute Gasteiger partial charge is 0.379 e. The number of ether oxygens (including phenoxy) is 1. The second kappa shape index (κ2) is 9.10. The molecule has 160 valence electrons. The molecule has 1 unspecified atom stereocenters. The quantitative estimate of drug-likeness (QED) is 0.773. The first-order valence-electron chi connectivity index (χ1n) is 10.6. The number of amides is 1. The van der Waals surface area contributed by atoms with Gasteiger partial charge in [0.05, 0.1) is 13.2 Å². The third-order valence-electron chi connectivity index (χ3n) is 6.08. The first-order chi connectivity index (χ1) is 14.5. The molecule has 0 N–H and O–H groups in total. The van der Waals surface area contributed by atoms with Crippen molar-refractivity contribution < 1.29 is 13.9 Å². The lowest BCUT2D eigenvalue weighted by Crippen LogP contribution is -2.52. The van der Waals surface area contributed by atoms with Crippen molar-refractivity contribution in [2.75, 3.05) is 39.4 Å².